The van der Waals surface area contributed by atoms with E-state index < -0.39 is 0 Å². The largest absolute Gasteiger partial charge is 0.308 e. The van der Waals surface area contributed by atoms with E-state index in [2.05, 4.69) is 167 Å². The van der Waals surface area contributed by atoms with Crippen molar-refractivity contribution in [3.8, 4) is 17.1 Å². The summed E-state index contributed by atoms with van der Waals surface area (Å²) < 4.78 is 4.88. The molecule has 0 N–H and O–H groups in total. The number of aromatic nitrogens is 4. The van der Waals surface area contributed by atoms with Gasteiger partial charge in [-0.05, 0) is 57.9 Å². The first-order chi connectivity index (χ1) is 24.8. The van der Waals surface area contributed by atoms with Crippen LogP contribution in [0.2, 0.25) is 0 Å². The molecular formula is C46H26N4. The zero-order valence-electron chi connectivity index (χ0n) is 26.8. The molecule has 0 radical (unpaired) electrons. The van der Waals surface area contributed by atoms with Crippen LogP contribution < -0.4 is 0 Å². The summed E-state index contributed by atoms with van der Waals surface area (Å²) in [6, 6.07) is 56.8. The SMILES string of the molecule is c1ccc(-c2nc3ccc4ccccc4c3nc2-n2c3cccc4c3c3c2cccc3n2c3ccccc3c3cc5ccccc5c4c32)cc1. The number of nitrogens with zero attached hydrogens (tertiary/aromatic N) is 4. The van der Waals surface area contributed by atoms with Gasteiger partial charge in [0, 0.05) is 37.9 Å². The van der Waals surface area contributed by atoms with Crippen LogP contribution in [0, 0.1) is 0 Å². The van der Waals surface area contributed by atoms with Crippen molar-refractivity contribution in [1.82, 2.24) is 18.9 Å². The summed E-state index contributed by atoms with van der Waals surface area (Å²) >= 11 is 0. The first kappa shape index (κ1) is 26.2. The van der Waals surface area contributed by atoms with Gasteiger partial charge in [-0.25, -0.2) is 9.97 Å². The fraction of sp³-hybridized carbons (Fsp3) is 0. The molecule has 8 aromatic carbocycles. The van der Waals surface area contributed by atoms with E-state index in [1.165, 1.54) is 59.6 Å². The minimum absolute atomic E-state index is 0.829. The summed E-state index contributed by atoms with van der Waals surface area (Å²) in [4.78, 5) is 11.0. The standard InChI is InChI=1S/C46H26N4/c1-2-13-28(14-3-1)43-46(48-44-31-17-7-4-12-27(31)24-25-35(44)47-43)50-37-21-10-19-33-40-30-16-6-5-15-29(30)26-34-32-18-8-9-20-36(32)49(45(34)40)38-22-11-23-39(50)42(38)41(33)37/h1-26H. The molecule has 4 nitrogen and oxygen atoms in total. The lowest BCUT2D eigenvalue weighted by Gasteiger charge is -2.15. The van der Waals surface area contributed by atoms with Crippen LogP contribution in [-0.2, 0) is 0 Å². The molecule has 0 aliphatic carbocycles. The fourth-order valence-corrected chi connectivity index (χ4v) is 8.75. The smallest absolute Gasteiger partial charge is 0.165 e. The second-order valence-corrected chi connectivity index (χ2v) is 13.3. The number of hydrogen-bond acceptors (Lipinski definition) is 2. The lowest BCUT2D eigenvalue weighted by Crippen LogP contribution is -2.04. The van der Waals surface area contributed by atoms with Crippen molar-refractivity contribution in [3.05, 3.63) is 158 Å². The third-order valence-electron chi connectivity index (χ3n) is 10.8. The van der Waals surface area contributed by atoms with E-state index in [0.29, 0.717) is 0 Å². The van der Waals surface area contributed by atoms with E-state index in [9.17, 15) is 0 Å². The Hall–Kier alpha value is -6.78. The minimum atomic E-state index is 0.829. The summed E-state index contributed by atoms with van der Waals surface area (Å²) in [6.45, 7) is 0. The highest BCUT2D eigenvalue weighted by Crippen LogP contribution is 2.46. The predicted octanol–water partition coefficient (Wildman–Crippen LogP) is 11.9. The number of hydrogen-bond donors (Lipinski definition) is 0. The molecule has 0 atom stereocenters. The molecule has 0 saturated heterocycles. The lowest BCUT2D eigenvalue weighted by atomic mass is 9.98. The first-order valence-electron chi connectivity index (χ1n) is 17.1. The summed E-state index contributed by atoms with van der Waals surface area (Å²) in [5.74, 6) is 0.829. The first-order valence-corrected chi connectivity index (χ1v) is 17.1. The normalized spacial score (nSPS) is 12.4. The highest BCUT2D eigenvalue weighted by Gasteiger charge is 2.25. The van der Waals surface area contributed by atoms with E-state index in [1.54, 1.807) is 0 Å². The van der Waals surface area contributed by atoms with E-state index in [-0.39, 0.29) is 0 Å². The van der Waals surface area contributed by atoms with Crippen molar-refractivity contribution in [3.63, 3.8) is 0 Å². The van der Waals surface area contributed by atoms with E-state index in [1.807, 2.05) is 0 Å². The second-order valence-electron chi connectivity index (χ2n) is 13.3. The lowest BCUT2D eigenvalue weighted by molar-refractivity contribution is 1.08. The zero-order valence-corrected chi connectivity index (χ0v) is 26.8. The Morgan fingerprint density at radius 3 is 1.94 bits per heavy atom. The third-order valence-corrected chi connectivity index (χ3v) is 10.8. The van der Waals surface area contributed by atoms with Crippen molar-refractivity contribution in [2.75, 3.05) is 0 Å². The maximum atomic E-state index is 5.59. The number of para-hydroxylation sites is 1. The molecule has 12 aromatic rings. The molecule has 230 valence electrons. The Morgan fingerprint density at radius 2 is 1.06 bits per heavy atom. The van der Waals surface area contributed by atoms with Crippen LogP contribution >= 0.6 is 0 Å². The van der Waals surface area contributed by atoms with Crippen LogP contribution in [0.25, 0.3) is 110 Å². The Morgan fingerprint density at radius 1 is 0.400 bits per heavy atom. The molecular weight excluding hydrogens is 609 g/mol. The van der Waals surface area contributed by atoms with Crippen LogP contribution in [0.1, 0.15) is 0 Å². The van der Waals surface area contributed by atoms with Crippen LogP contribution in [-0.4, -0.2) is 18.9 Å². The van der Waals surface area contributed by atoms with Gasteiger partial charge in [0.25, 0.3) is 0 Å². The van der Waals surface area contributed by atoms with Gasteiger partial charge < -0.3 is 4.40 Å². The molecule has 0 amide bonds. The molecule has 0 saturated carbocycles. The van der Waals surface area contributed by atoms with Crippen LogP contribution in [0.3, 0.4) is 0 Å². The maximum absolute atomic E-state index is 5.59. The van der Waals surface area contributed by atoms with Crippen molar-refractivity contribution < 1.29 is 0 Å². The summed E-state index contributed by atoms with van der Waals surface area (Å²) in [6.07, 6.45) is 0. The van der Waals surface area contributed by atoms with Crippen LogP contribution in [0.5, 0.6) is 0 Å². The molecule has 4 heteroatoms. The Labute approximate surface area is 285 Å². The molecule has 0 spiro atoms. The van der Waals surface area contributed by atoms with Crippen molar-refractivity contribution in [2.45, 2.75) is 0 Å². The predicted molar refractivity (Wildman–Crippen MR) is 209 cm³/mol. The monoisotopic (exact) mass is 634 g/mol. The van der Waals surface area contributed by atoms with Gasteiger partial charge >= 0.3 is 0 Å². The van der Waals surface area contributed by atoms with Gasteiger partial charge in [0.2, 0.25) is 0 Å². The average Bonchev–Trinajstić information content (AvgIpc) is 3.65. The minimum Gasteiger partial charge on any atom is -0.308 e. The number of benzene rings is 8. The van der Waals surface area contributed by atoms with Crippen LogP contribution in [0.15, 0.2) is 158 Å². The number of rotatable bonds is 2. The molecule has 0 bridgehead atoms. The Balaban J connectivity index is 1.36. The molecule has 0 unspecified atom stereocenters. The summed E-state index contributed by atoms with van der Waals surface area (Å²) in [5.41, 5.74) is 9.56. The maximum Gasteiger partial charge on any atom is 0.165 e. The van der Waals surface area contributed by atoms with Gasteiger partial charge in [-0.15, -0.1) is 0 Å². The molecule has 0 aliphatic rings. The van der Waals surface area contributed by atoms with Gasteiger partial charge in [0.1, 0.15) is 5.69 Å². The summed E-state index contributed by atoms with van der Waals surface area (Å²) in [7, 11) is 0. The van der Waals surface area contributed by atoms with Gasteiger partial charge in [-0.2, -0.15) is 0 Å². The van der Waals surface area contributed by atoms with E-state index >= 15 is 0 Å². The molecule has 4 aromatic heterocycles. The van der Waals surface area contributed by atoms with Crippen molar-refractivity contribution in [1.29, 1.82) is 0 Å². The molecule has 0 fully saturated rings. The van der Waals surface area contributed by atoms with Gasteiger partial charge in [0.05, 0.1) is 38.6 Å². The van der Waals surface area contributed by atoms with Crippen molar-refractivity contribution in [2.24, 2.45) is 0 Å². The van der Waals surface area contributed by atoms with Gasteiger partial charge in [0.15, 0.2) is 5.82 Å². The molecule has 50 heavy (non-hydrogen) atoms. The summed E-state index contributed by atoms with van der Waals surface area (Å²) in [5, 5.41) is 12.3. The van der Waals surface area contributed by atoms with E-state index in [0.717, 1.165) is 49.9 Å². The zero-order chi connectivity index (χ0) is 32.5. The third kappa shape index (κ3) is 3.25. The van der Waals surface area contributed by atoms with Gasteiger partial charge in [-0.1, -0.05) is 121 Å². The highest BCUT2D eigenvalue weighted by molar-refractivity contribution is 6.35. The average molecular weight is 635 g/mol. The Kier molecular flexibility index (Phi) is 4.94. The van der Waals surface area contributed by atoms with Gasteiger partial charge in [-0.3, -0.25) is 4.57 Å². The second kappa shape index (κ2) is 9.43. The topological polar surface area (TPSA) is 35.1 Å². The Bertz CT molecular complexity index is 3340. The fourth-order valence-electron chi connectivity index (χ4n) is 8.75. The molecule has 4 heterocycles. The van der Waals surface area contributed by atoms with E-state index in [4.69, 9.17) is 9.97 Å². The van der Waals surface area contributed by atoms with Crippen molar-refractivity contribution >= 4 is 92.5 Å². The van der Waals surface area contributed by atoms with Crippen LogP contribution in [0.4, 0.5) is 0 Å². The number of fused-ring (bicyclic) bond motifs is 10. The molecule has 0 aliphatic heterocycles. The molecule has 12 rings (SSSR count). The highest BCUT2D eigenvalue weighted by atomic mass is 15.1. The quantitative estimate of drug-likeness (QED) is 0.177.